The Bertz CT molecular complexity index is 1110. The van der Waals surface area contributed by atoms with Crippen molar-refractivity contribution in [2.45, 2.75) is 30.0 Å². The number of benzene rings is 2. The van der Waals surface area contributed by atoms with E-state index in [4.69, 9.17) is 0 Å². The van der Waals surface area contributed by atoms with Gasteiger partial charge in [-0.3, -0.25) is 4.55 Å². The van der Waals surface area contributed by atoms with Gasteiger partial charge in [0.15, 0.2) is 6.54 Å². The first-order chi connectivity index (χ1) is 12.9. The van der Waals surface area contributed by atoms with Gasteiger partial charge in [-0.15, -0.1) is 0 Å². The van der Waals surface area contributed by atoms with Gasteiger partial charge in [0.1, 0.15) is 4.70 Å². The number of nitrogens with one attached hydrogen (secondary N) is 1. The van der Waals surface area contributed by atoms with E-state index < -0.39 is 15.4 Å². The molecule has 0 radical (unpaired) electrons. The van der Waals surface area contributed by atoms with Crippen LogP contribution in [0.1, 0.15) is 18.4 Å². The highest BCUT2D eigenvalue weighted by Gasteiger charge is 2.25. The molecule has 2 aromatic carbocycles. The first-order valence-electron chi connectivity index (χ1n) is 8.55. The number of fused-ring (bicyclic) bond motifs is 2. The minimum atomic E-state index is -4.02. The fourth-order valence-corrected chi connectivity index (χ4v) is 5.52. The molecule has 1 aliphatic rings. The molecule has 1 atom stereocenters. The van der Waals surface area contributed by atoms with Gasteiger partial charge in [0, 0.05) is 17.4 Å². The van der Waals surface area contributed by atoms with Crippen molar-refractivity contribution in [2.75, 3.05) is 5.32 Å². The normalized spacial score (nSPS) is 15.9. The molecule has 4 rings (SSSR count). The average Bonchev–Trinajstić information content (AvgIpc) is 3.19. The standard InChI is InChI=1S/C19H18N2O3S3.H2O/c1-13(27(22,23)24)10-11-21-15-7-3-5-9-17(15)26-19(21)12-18-20-14-6-2-4-8-16(14)25-18;/h2-9,12-13H,10-11H2,1H3,(H,22,23,24);1H2. The summed E-state index contributed by atoms with van der Waals surface area (Å²) in [5.41, 5.74) is 2.17. The van der Waals surface area contributed by atoms with Crippen LogP contribution in [0.25, 0.3) is 16.3 Å². The topological polar surface area (TPSA) is 100 Å². The van der Waals surface area contributed by atoms with Crippen LogP contribution < -0.4 is 9.88 Å². The Hall–Kier alpha value is -1.91. The second-order valence-electron chi connectivity index (χ2n) is 6.41. The number of rotatable bonds is 5. The fraction of sp³-hybridized carbons (Fsp3) is 0.211. The van der Waals surface area contributed by atoms with Crippen molar-refractivity contribution in [3.05, 3.63) is 58.6 Å². The van der Waals surface area contributed by atoms with Crippen LogP contribution in [0, 0.1) is 0 Å². The fourth-order valence-electron chi connectivity index (χ4n) is 2.96. The summed E-state index contributed by atoms with van der Waals surface area (Å²) in [6, 6.07) is 16.2. The number of thioether (sulfide) groups is 1. The predicted molar refractivity (Wildman–Crippen MR) is 113 cm³/mol. The van der Waals surface area contributed by atoms with Crippen LogP contribution in [0.5, 0.6) is 0 Å². The quantitative estimate of drug-likeness (QED) is 0.459. The Labute approximate surface area is 172 Å². The van der Waals surface area contributed by atoms with E-state index in [1.807, 2.05) is 30.3 Å². The van der Waals surface area contributed by atoms with Crippen LogP contribution in [0.15, 0.2) is 58.5 Å². The van der Waals surface area contributed by atoms with Crippen LogP contribution in [-0.4, -0.2) is 23.7 Å². The number of hydrogen-bond acceptors (Lipinski definition) is 6. The first kappa shape index (κ1) is 20.8. The molecule has 28 heavy (non-hydrogen) atoms. The van der Waals surface area contributed by atoms with Crippen molar-refractivity contribution in [3.8, 4) is 0 Å². The zero-order chi connectivity index (χ0) is 19.0. The van der Waals surface area contributed by atoms with Gasteiger partial charge in [-0.25, -0.2) is 0 Å². The Morgan fingerprint density at radius 2 is 1.89 bits per heavy atom. The van der Waals surface area contributed by atoms with Crippen molar-refractivity contribution >= 4 is 55.2 Å². The number of hydrogen-bond donors (Lipinski definition) is 2. The average molecular weight is 437 g/mol. The number of thiazole rings is 1. The van der Waals surface area contributed by atoms with E-state index in [0.29, 0.717) is 13.0 Å². The van der Waals surface area contributed by atoms with E-state index in [9.17, 15) is 13.0 Å². The van der Waals surface area contributed by atoms with Crippen molar-refractivity contribution in [2.24, 2.45) is 0 Å². The molecule has 0 bridgehead atoms. The maximum absolute atomic E-state index is 11.4. The SMILES string of the molecule is CC(CC[n+]1c(C=C2Nc3ccccc3S2)sc2ccccc21)S(=O)(=O)O.[OH-]. The molecule has 9 heteroatoms. The molecular weight excluding hydrogens is 416 g/mol. The Morgan fingerprint density at radius 3 is 2.64 bits per heavy atom. The highest BCUT2D eigenvalue weighted by atomic mass is 32.2. The second kappa shape index (κ2) is 8.22. The summed E-state index contributed by atoms with van der Waals surface area (Å²) in [5, 5.41) is 4.71. The summed E-state index contributed by atoms with van der Waals surface area (Å²) in [6.07, 6.45) is 2.45. The number of nitrogens with zero attached hydrogens (tertiary/aromatic N) is 1. The van der Waals surface area contributed by atoms with Gasteiger partial charge in [0.05, 0.1) is 22.0 Å². The maximum Gasteiger partial charge on any atom is 0.267 e. The molecule has 0 spiro atoms. The summed E-state index contributed by atoms with van der Waals surface area (Å²) in [7, 11) is -4.02. The molecule has 3 N–H and O–H groups in total. The number of aryl methyl sites for hydroxylation is 1. The number of anilines is 1. The third-order valence-corrected chi connectivity index (χ3v) is 7.90. The lowest BCUT2D eigenvalue weighted by Gasteiger charge is -2.05. The highest BCUT2D eigenvalue weighted by molar-refractivity contribution is 8.03. The van der Waals surface area contributed by atoms with Gasteiger partial charge in [-0.2, -0.15) is 13.0 Å². The van der Waals surface area contributed by atoms with E-state index in [1.54, 1.807) is 23.1 Å². The van der Waals surface area contributed by atoms with E-state index in [0.717, 1.165) is 25.9 Å². The highest BCUT2D eigenvalue weighted by Crippen LogP contribution is 2.41. The minimum absolute atomic E-state index is 0. The van der Waals surface area contributed by atoms with E-state index in [1.165, 1.54) is 11.8 Å². The van der Waals surface area contributed by atoms with Crippen molar-refractivity contribution in [3.63, 3.8) is 0 Å². The Balaban J connectivity index is 0.00000225. The van der Waals surface area contributed by atoms with Crippen LogP contribution >= 0.6 is 23.1 Å². The van der Waals surface area contributed by atoms with Crippen molar-refractivity contribution < 1.29 is 23.0 Å². The molecule has 0 amide bonds. The monoisotopic (exact) mass is 436 g/mol. The number of para-hydroxylation sites is 2. The largest absolute Gasteiger partial charge is 0.870 e. The zero-order valence-electron chi connectivity index (χ0n) is 15.1. The molecule has 1 aromatic heterocycles. The summed E-state index contributed by atoms with van der Waals surface area (Å²) in [5.74, 6) is 0. The summed E-state index contributed by atoms with van der Waals surface area (Å²) in [4.78, 5) is 1.19. The van der Waals surface area contributed by atoms with Gasteiger partial charge < -0.3 is 10.8 Å². The van der Waals surface area contributed by atoms with Gasteiger partial charge >= 0.3 is 0 Å². The smallest absolute Gasteiger partial charge is 0.267 e. The summed E-state index contributed by atoms with van der Waals surface area (Å²) < 4.78 is 35.3. The second-order valence-corrected chi connectivity index (χ2v) is 10.4. The lowest BCUT2D eigenvalue weighted by atomic mass is 10.3. The van der Waals surface area contributed by atoms with Crippen LogP contribution in [0.2, 0.25) is 0 Å². The van der Waals surface area contributed by atoms with Crippen LogP contribution in [-0.2, 0) is 16.7 Å². The molecule has 148 valence electrons. The summed E-state index contributed by atoms with van der Waals surface area (Å²) in [6.45, 7) is 2.05. The van der Waals surface area contributed by atoms with Gasteiger partial charge in [0.2, 0.25) is 5.52 Å². The molecular formula is C19H20N2O4S3. The van der Waals surface area contributed by atoms with Crippen LogP contribution in [0.3, 0.4) is 0 Å². The molecule has 2 heterocycles. The molecule has 3 aromatic rings. The molecule has 0 fully saturated rings. The molecule has 0 saturated carbocycles. The minimum Gasteiger partial charge on any atom is -0.870 e. The lowest BCUT2D eigenvalue weighted by molar-refractivity contribution is -0.669. The maximum atomic E-state index is 11.4. The molecule has 6 nitrogen and oxygen atoms in total. The lowest BCUT2D eigenvalue weighted by Crippen LogP contribution is -2.37. The van der Waals surface area contributed by atoms with Gasteiger partial charge in [-0.05, 0) is 25.1 Å². The Morgan fingerprint density at radius 1 is 1.18 bits per heavy atom. The summed E-state index contributed by atoms with van der Waals surface area (Å²) >= 11 is 3.36. The number of aromatic nitrogens is 1. The van der Waals surface area contributed by atoms with E-state index in [-0.39, 0.29) is 5.48 Å². The first-order valence-corrected chi connectivity index (χ1v) is 11.7. The molecule has 1 aliphatic heterocycles. The zero-order valence-corrected chi connectivity index (χ0v) is 17.5. The van der Waals surface area contributed by atoms with E-state index >= 15 is 0 Å². The van der Waals surface area contributed by atoms with E-state index in [2.05, 4.69) is 34.2 Å². The molecule has 0 saturated heterocycles. The van der Waals surface area contributed by atoms with Crippen molar-refractivity contribution in [1.29, 1.82) is 0 Å². The van der Waals surface area contributed by atoms with Crippen LogP contribution in [0.4, 0.5) is 5.69 Å². The van der Waals surface area contributed by atoms with Crippen molar-refractivity contribution in [1.82, 2.24) is 0 Å². The predicted octanol–water partition coefficient (Wildman–Crippen LogP) is 4.19. The molecule has 0 aliphatic carbocycles. The molecule has 1 unspecified atom stereocenters. The third kappa shape index (κ3) is 4.23. The van der Waals surface area contributed by atoms with Gasteiger partial charge in [0.25, 0.3) is 15.1 Å². The Kier molecular flexibility index (Phi) is 6.11. The third-order valence-electron chi connectivity index (χ3n) is 4.52. The van der Waals surface area contributed by atoms with Gasteiger partial charge in [-0.1, -0.05) is 47.4 Å².